The highest BCUT2D eigenvalue weighted by Crippen LogP contribution is 2.36. The normalized spacial score (nSPS) is 19.4. The van der Waals surface area contributed by atoms with Gasteiger partial charge in [0.15, 0.2) is 0 Å². The SMILES string of the molecule is CN(C(=O)c1cc(Br)cn1C)C1CCC(C)(C)CC1. The van der Waals surface area contributed by atoms with Crippen LogP contribution >= 0.6 is 15.9 Å². The molecule has 0 radical (unpaired) electrons. The molecule has 1 heterocycles. The smallest absolute Gasteiger partial charge is 0.270 e. The van der Waals surface area contributed by atoms with Crippen molar-refractivity contribution < 1.29 is 4.79 Å². The zero-order chi connectivity index (χ0) is 14.2. The van der Waals surface area contributed by atoms with Gasteiger partial charge in [-0.3, -0.25) is 4.79 Å². The van der Waals surface area contributed by atoms with Crippen LogP contribution in [0.25, 0.3) is 0 Å². The number of aryl methyl sites for hydroxylation is 1. The Balaban J connectivity index is 2.06. The first-order chi connectivity index (χ1) is 8.80. The largest absolute Gasteiger partial charge is 0.345 e. The van der Waals surface area contributed by atoms with E-state index in [0.29, 0.717) is 11.5 Å². The van der Waals surface area contributed by atoms with Crippen molar-refractivity contribution >= 4 is 21.8 Å². The van der Waals surface area contributed by atoms with Crippen molar-refractivity contribution in [2.75, 3.05) is 7.05 Å². The van der Waals surface area contributed by atoms with Crippen molar-refractivity contribution in [1.29, 1.82) is 0 Å². The molecule has 0 unspecified atom stereocenters. The van der Waals surface area contributed by atoms with Gasteiger partial charge >= 0.3 is 0 Å². The second-order valence-electron chi connectivity index (χ2n) is 6.47. The molecule has 1 saturated carbocycles. The minimum Gasteiger partial charge on any atom is -0.345 e. The van der Waals surface area contributed by atoms with Crippen LogP contribution in [-0.4, -0.2) is 28.5 Å². The lowest BCUT2D eigenvalue weighted by atomic mass is 9.75. The average Bonchev–Trinajstić information content (AvgIpc) is 2.66. The van der Waals surface area contributed by atoms with Crippen molar-refractivity contribution in [3.05, 3.63) is 22.4 Å². The summed E-state index contributed by atoms with van der Waals surface area (Å²) in [6.07, 6.45) is 6.55. The number of hydrogen-bond acceptors (Lipinski definition) is 1. The van der Waals surface area contributed by atoms with E-state index >= 15 is 0 Å². The molecule has 1 aliphatic carbocycles. The van der Waals surface area contributed by atoms with Crippen LogP contribution in [0.2, 0.25) is 0 Å². The molecule has 1 aliphatic rings. The molecule has 1 aromatic heterocycles. The highest BCUT2D eigenvalue weighted by Gasteiger charge is 2.31. The van der Waals surface area contributed by atoms with Crippen LogP contribution in [-0.2, 0) is 7.05 Å². The maximum absolute atomic E-state index is 12.5. The standard InChI is InChI=1S/C15H23BrN2O/c1-15(2)7-5-12(6-8-15)18(4)14(19)13-9-11(16)10-17(13)3/h9-10,12H,5-8H2,1-4H3. The van der Waals surface area contributed by atoms with Crippen LogP contribution in [0.4, 0.5) is 0 Å². The van der Waals surface area contributed by atoms with Crippen LogP contribution < -0.4 is 0 Å². The van der Waals surface area contributed by atoms with E-state index in [4.69, 9.17) is 0 Å². The Labute approximate surface area is 124 Å². The van der Waals surface area contributed by atoms with Crippen LogP contribution in [0.3, 0.4) is 0 Å². The molecule has 0 atom stereocenters. The molecule has 1 amide bonds. The highest BCUT2D eigenvalue weighted by molar-refractivity contribution is 9.10. The number of carbonyl (C=O) groups is 1. The fraction of sp³-hybridized carbons (Fsp3) is 0.667. The Morgan fingerprint density at radius 2 is 2.00 bits per heavy atom. The summed E-state index contributed by atoms with van der Waals surface area (Å²) in [5.41, 5.74) is 1.19. The first kappa shape index (κ1) is 14.6. The van der Waals surface area contributed by atoms with Crippen LogP contribution in [0.15, 0.2) is 16.7 Å². The molecule has 0 N–H and O–H groups in total. The molecule has 0 aromatic carbocycles. The second-order valence-corrected chi connectivity index (χ2v) is 7.38. The second kappa shape index (κ2) is 5.31. The van der Waals surface area contributed by atoms with Crippen LogP contribution in [0.5, 0.6) is 0 Å². The van der Waals surface area contributed by atoms with E-state index in [-0.39, 0.29) is 5.91 Å². The summed E-state index contributed by atoms with van der Waals surface area (Å²) in [4.78, 5) is 14.5. The first-order valence-corrected chi connectivity index (χ1v) is 7.68. The van der Waals surface area contributed by atoms with Gasteiger partial charge in [-0.15, -0.1) is 0 Å². The summed E-state index contributed by atoms with van der Waals surface area (Å²) in [5.74, 6) is 0.123. The molecular weight excluding hydrogens is 304 g/mol. The molecule has 1 fully saturated rings. The first-order valence-electron chi connectivity index (χ1n) is 6.89. The average molecular weight is 327 g/mol. The topological polar surface area (TPSA) is 25.2 Å². The van der Waals surface area contributed by atoms with Crippen LogP contribution in [0.1, 0.15) is 50.0 Å². The van der Waals surface area contributed by atoms with E-state index in [1.54, 1.807) is 0 Å². The summed E-state index contributed by atoms with van der Waals surface area (Å²) < 4.78 is 2.84. The Bertz CT molecular complexity index is 468. The molecule has 106 valence electrons. The quantitative estimate of drug-likeness (QED) is 0.810. The Morgan fingerprint density at radius 3 is 2.47 bits per heavy atom. The van der Waals surface area contributed by atoms with E-state index < -0.39 is 0 Å². The molecule has 2 rings (SSSR count). The van der Waals surface area contributed by atoms with Crippen molar-refractivity contribution in [3.63, 3.8) is 0 Å². The summed E-state index contributed by atoms with van der Waals surface area (Å²) >= 11 is 3.42. The van der Waals surface area contributed by atoms with Crippen LogP contribution in [0, 0.1) is 5.41 Å². The van der Waals surface area contributed by atoms with Gasteiger partial charge in [0.25, 0.3) is 5.91 Å². The number of rotatable bonds is 2. The highest BCUT2D eigenvalue weighted by atomic mass is 79.9. The monoisotopic (exact) mass is 326 g/mol. The van der Waals surface area contributed by atoms with E-state index in [1.165, 1.54) is 12.8 Å². The predicted octanol–water partition coefficient (Wildman–Crippen LogP) is 3.83. The Morgan fingerprint density at radius 1 is 1.42 bits per heavy atom. The molecule has 1 aromatic rings. The molecule has 0 spiro atoms. The fourth-order valence-electron chi connectivity index (χ4n) is 2.85. The third kappa shape index (κ3) is 3.22. The molecule has 0 bridgehead atoms. The zero-order valence-corrected chi connectivity index (χ0v) is 13.8. The van der Waals surface area contributed by atoms with E-state index in [2.05, 4.69) is 29.8 Å². The zero-order valence-electron chi connectivity index (χ0n) is 12.2. The third-order valence-electron chi connectivity index (χ3n) is 4.37. The Kier molecular flexibility index (Phi) is 4.09. The minimum absolute atomic E-state index is 0.123. The van der Waals surface area contributed by atoms with E-state index in [9.17, 15) is 4.79 Å². The van der Waals surface area contributed by atoms with Gasteiger partial charge < -0.3 is 9.47 Å². The molecular formula is C15H23BrN2O. The van der Waals surface area contributed by atoms with Crippen molar-refractivity contribution in [2.24, 2.45) is 12.5 Å². The number of nitrogens with zero attached hydrogens (tertiary/aromatic N) is 2. The maximum Gasteiger partial charge on any atom is 0.270 e. The third-order valence-corrected chi connectivity index (χ3v) is 4.80. The van der Waals surface area contributed by atoms with Gasteiger partial charge in [-0.2, -0.15) is 0 Å². The van der Waals surface area contributed by atoms with E-state index in [0.717, 1.165) is 23.0 Å². The van der Waals surface area contributed by atoms with Gasteiger partial charge in [-0.25, -0.2) is 0 Å². The molecule has 0 aliphatic heterocycles. The number of aromatic nitrogens is 1. The molecule has 3 nitrogen and oxygen atoms in total. The lowest BCUT2D eigenvalue weighted by Crippen LogP contribution is -2.41. The maximum atomic E-state index is 12.5. The molecule has 19 heavy (non-hydrogen) atoms. The van der Waals surface area contributed by atoms with Gasteiger partial charge in [0, 0.05) is 30.8 Å². The van der Waals surface area contributed by atoms with Crippen molar-refractivity contribution in [1.82, 2.24) is 9.47 Å². The molecule has 0 saturated heterocycles. The number of halogens is 1. The van der Waals surface area contributed by atoms with Crippen molar-refractivity contribution in [3.8, 4) is 0 Å². The Hall–Kier alpha value is -0.770. The predicted molar refractivity (Wildman–Crippen MR) is 81.2 cm³/mol. The van der Waals surface area contributed by atoms with Gasteiger partial charge in [0.1, 0.15) is 5.69 Å². The van der Waals surface area contributed by atoms with Gasteiger partial charge in [0.05, 0.1) is 0 Å². The summed E-state index contributed by atoms with van der Waals surface area (Å²) in [7, 11) is 3.85. The van der Waals surface area contributed by atoms with Gasteiger partial charge in [0.2, 0.25) is 0 Å². The lowest BCUT2D eigenvalue weighted by molar-refractivity contribution is 0.0626. The fourth-order valence-corrected chi connectivity index (χ4v) is 3.38. The lowest BCUT2D eigenvalue weighted by Gasteiger charge is -2.38. The van der Waals surface area contributed by atoms with Crippen molar-refractivity contribution in [2.45, 2.75) is 45.6 Å². The van der Waals surface area contributed by atoms with Gasteiger partial charge in [-0.1, -0.05) is 13.8 Å². The van der Waals surface area contributed by atoms with E-state index in [1.807, 2.05) is 35.8 Å². The summed E-state index contributed by atoms with van der Waals surface area (Å²) in [5, 5.41) is 0. The number of hydrogen-bond donors (Lipinski definition) is 0. The summed E-state index contributed by atoms with van der Waals surface area (Å²) in [6.45, 7) is 4.64. The summed E-state index contributed by atoms with van der Waals surface area (Å²) in [6, 6.07) is 2.28. The number of carbonyl (C=O) groups excluding carboxylic acids is 1. The number of amides is 1. The minimum atomic E-state index is 0.123. The molecule has 4 heteroatoms. The van der Waals surface area contributed by atoms with Gasteiger partial charge in [-0.05, 0) is 53.1 Å².